The van der Waals surface area contributed by atoms with Crippen molar-refractivity contribution in [2.24, 2.45) is 11.8 Å². The first-order chi connectivity index (χ1) is 16.1. The van der Waals surface area contributed by atoms with E-state index in [2.05, 4.69) is 10.6 Å². The first-order valence-electron chi connectivity index (χ1n) is 11.2. The van der Waals surface area contributed by atoms with Crippen molar-refractivity contribution in [3.05, 3.63) is 34.9 Å². The fourth-order valence-electron chi connectivity index (χ4n) is 5.34. The Bertz CT molecular complexity index is 1030. The van der Waals surface area contributed by atoms with E-state index < -0.39 is 60.2 Å². The third-order valence-electron chi connectivity index (χ3n) is 7.01. The lowest BCUT2D eigenvalue weighted by Gasteiger charge is -2.54. The molecule has 8 nitrogen and oxygen atoms in total. The summed E-state index contributed by atoms with van der Waals surface area (Å²) >= 11 is 5.95. The Morgan fingerprint density at radius 1 is 1.35 bits per heavy atom. The lowest BCUT2D eigenvalue weighted by Crippen LogP contribution is -2.69. The molecule has 0 radical (unpaired) electrons. The monoisotopic (exact) mass is 494 g/mol. The molecule has 11 heteroatoms. The topological polar surface area (TPSA) is 123 Å². The highest BCUT2D eigenvalue weighted by Gasteiger charge is 2.61. The lowest BCUT2D eigenvalue weighted by molar-refractivity contribution is -0.198. The number of halogens is 3. The Labute approximate surface area is 200 Å². The van der Waals surface area contributed by atoms with Gasteiger partial charge in [0.25, 0.3) is 11.8 Å². The van der Waals surface area contributed by atoms with Gasteiger partial charge in [0.05, 0.1) is 12.0 Å². The summed E-state index contributed by atoms with van der Waals surface area (Å²) in [7, 11) is 0. The maximum absolute atomic E-state index is 14.8. The molecule has 3 amide bonds. The second-order valence-electron chi connectivity index (χ2n) is 9.15. The molecule has 4 aliphatic rings. The number of alkyl halides is 2. The van der Waals surface area contributed by atoms with Gasteiger partial charge in [-0.2, -0.15) is 5.26 Å². The van der Waals surface area contributed by atoms with Gasteiger partial charge in [-0.15, -0.1) is 0 Å². The van der Waals surface area contributed by atoms with Crippen LogP contribution < -0.4 is 10.6 Å². The van der Waals surface area contributed by atoms with Crippen LogP contribution in [0, 0.1) is 23.2 Å². The van der Waals surface area contributed by atoms with Crippen molar-refractivity contribution in [3.8, 4) is 6.07 Å². The van der Waals surface area contributed by atoms with Gasteiger partial charge < -0.3 is 20.6 Å². The number of hydrogen-bond acceptors (Lipinski definition) is 5. The molecule has 2 bridgehead atoms. The predicted molar refractivity (Wildman–Crippen MR) is 116 cm³/mol. The highest BCUT2D eigenvalue weighted by molar-refractivity contribution is 6.30. The largest absolute Gasteiger partial charge is 0.378 e. The number of amides is 3. The summed E-state index contributed by atoms with van der Waals surface area (Å²) in [6.07, 6.45) is -1.41. The number of hydrogen-bond donors (Lipinski definition) is 3. The molecule has 182 valence electrons. The maximum atomic E-state index is 14.8. The third-order valence-corrected chi connectivity index (χ3v) is 7.25. The smallest absolute Gasteiger partial charge is 0.256 e. The zero-order valence-electron chi connectivity index (χ0n) is 18.2. The van der Waals surface area contributed by atoms with Gasteiger partial charge in [-0.05, 0) is 43.4 Å². The number of carbonyl (C=O) groups is 3. The molecule has 5 rings (SSSR count). The van der Waals surface area contributed by atoms with Crippen LogP contribution in [0.15, 0.2) is 24.3 Å². The van der Waals surface area contributed by atoms with Crippen LogP contribution in [-0.2, 0) is 14.4 Å². The number of piperidine rings is 2. The van der Waals surface area contributed by atoms with E-state index in [0.717, 1.165) is 4.90 Å². The minimum Gasteiger partial charge on any atom is -0.378 e. The van der Waals surface area contributed by atoms with E-state index in [9.17, 15) is 33.5 Å². The average Bonchev–Trinajstić information content (AvgIpc) is 3.20. The highest BCUT2D eigenvalue weighted by Crippen LogP contribution is 2.49. The van der Waals surface area contributed by atoms with Gasteiger partial charge in [-0.25, -0.2) is 8.78 Å². The number of nitriles is 1. The Kier molecular flexibility index (Phi) is 6.78. The Morgan fingerprint density at radius 2 is 2.12 bits per heavy atom. The minimum absolute atomic E-state index is 0.0368. The van der Waals surface area contributed by atoms with Crippen molar-refractivity contribution in [2.75, 3.05) is 6.54 Å². The summed E-state index contributed by atoms with van der Waals surface area (Å²) < 4.78 is 29.6. The number of aliphatic hydroxyl groups is 1. The van der Waals surface area contributed by atoms with Gasteiger partial charge in [-0.3, -0.25) is 14.4 Å². The number of aliphatic hydroxyl groups excluding tert-OH is 1. The van der Waals surface area contributed by atoms with Crippen LogP contribution >= 0.6 is 11.6 Å². The van der Waals surface area contributed by atoms with Crippen molar-refractivity contribution in [1.29, 1.82) is 5.26 Å². The van der Waals surface area contributed by atoms with Crippen LogP contribution in [0.4, 0.5) is 8.78 Å². The molecule has 3 N–H and O–H groups in total. The number of fused-ring (bicyclic) bond motifs is 3. The van der Waals surface area contributed by atoms with Crippen molar-refractivity contribution in [3.63, 3.8) is 0 Å². The number of carbonyl (C=O) groups excluding carboxylic acids is 3. The summed E-state index contributed by atoms with van der Waals surface area (Å²) in [5.74, 6) is -7.05. The summed E-state index contributed by atoms with van der Waals surface area (Å²) in [4.78, 5) is 39.4. The van der Waals surface area contributed by atoms with Gasteiger partial charge in [-0.1, -0.05) is 23.7 Å². The molecule has 34 heavy (non-hydrogen) atoms. The number of rotatable bonds is 6. The second-order valence-corrected chi connectivity index (χ2v) is 9.59. The van der Waals surface area contributed by atoms with E-state index in [1.807, 2.05) is 6.07 Å². The normalized spacial score (nSPS) is 29.1. The van der Waals surface area contributed by atoms with E-state index in [-0.39, 0.29) is 35.8 Å². The van der Waals surface area contributed by atoms with Crippen molar-refractivity contribution in [1.82, 2.24) is 15.5 Å². The maximum Gasteiger partial charge on any atom is 0.256 e. The molecule has 0 spiro atoms. The molecule has 3 aliphatic heterocycles. The number of benzene rings is 1. The Hall–Kier alpha value is -2.77. The van der Waals surface area contributed by atoms with E-state index >= 15 is 0 Å². The summed E-state index contributed by atoms with van der Waals surface area (Å²) in [6, 6.07) is 4.35. The first-order valence-corrected chi connectivity index (χ1v) is 11.6. The van der Waals surface area contributed by atoms with Gasteiger partial charge in [0.15, 0.2) is 6.10 Å². The van der Waals surface area contributed by atoms with Crippen molar-refractivity contribution in [2.45, 2.75) is 62.3 Å². The average molecular weight is 495 g/mol. The quantitative estimate of drug-likeness (QED) is 0.557. The van der Waals surface area contributed by atoms with E-state index in [1.54, 1.807) is 12.1 Å². The number of nitrogens with zero attached hydrogens (tertiary/aromatic N) is 2. The molecule has 1 aromatic carbocycles. The molecule has 1 saturated carbocycles. The fourth-order valence-corrected chi connectivity index (χ4v) is 5.54. The summed E-state index contributed by atoms with van der Waals surface area (Å²) in [5.41, 5.74) is 0.187. The van der Waals surface area contributed by atoms with Gasteiger partial charge in [0.2, 0.25) is 11.8 Å². The van der Waals surface area contributed by atoms with E-state index in [0.29, 0.717) is 13.0 Å². The molecular formula is C23H25ClF2N4O4. The fraction of sp³-hybridized carbons (Fsp3) is 0.565. The third kappa shape index (κ3) is 4.59. The van der Waals surface area contributed by atoms with Gasteiger partial charge in [0, 0.05) is 29.9 Å². The van der Waals surface area contributed by atoms with Crippen LogP contribution in [-0.4, -0.2) is 58.3 Å². The molecule has 0 aromatic heterocycles. The standard InChI is InChI=1S/C23H25ClF2N4O4/c24-14-3-1-2-12(8-14)19(31)22(34)30-16-4-5-17(23(25,26)10-16)18(30)21(33)29-15(11-27)9-13-6-7-28-20(13)32/h1-3,8,13,15-19,31H,4-7,9-10H2,(H,28,32)(H,29,33)/t13-,15-,16+,17+,18+,19+/m1/s1. The van der Waals surface area contributed by atoms with E-state index in [1.165, 1.54) is 12.1 Å². The Balaban J connectivity index is 1.58. The SMILES string of the molecule is N#C[C@@H](C[C@H]1CCNC1=O)NC(=O)[C@@H]1[C@@H]2CC[C@@H](CC2(F)F)N1C(=O)[C@@H](O)c1cccc(Cl)c1. The highest BCUT2D eigenvalue weighted by atomic mass is 35.5. The summed E-state index contributed by atoms with van der Waals surface area (Å²) in [5, 5.41) is 25.6. The zero-order valence-corrected chi connectivity index (χ0v) is 19.0. The molecule has 3 heterocycles. The molecule has 1 aliphatic carbocycles. The molecule has 1 aromatic rings. The van der Waals surface area contributed by atoms with Gasteiger partial charge in [0.1, 0.15) is 12.1 Å². The van der Waals surface area contributed by atoms with Crippen molar-refractivity contribution < 1.29 is 28.3 Å². The van der Waals surface area contributed by atoms with Crippen LogP contribution in [0.2, 0.25) is 5.02 Å². The first kappa shape index (κ1) is 24.4. The lowest BCUT2D eigenvalue weighted by atomic mass is 9.71. The van der Waals surface area contributed by atoms with Crippen LogP contribution in [0.5, 0.6) is 0 Å². The van der Waals surface area contributed by atoms with Crippen molar-refractivity contribution >= 4 is 29.3 Å². The van der Waals surface area contributed by atoms with Crippen LogP contribution in [0.25, 0.3) is 0 Å². The molecule has 0 unspecified atom stereocenters. The summed E-state index contributed by atoms with van der Waals surface area (Å²) in [6.45, 7) is 0.470. The van der Waals surface area contributed by atoms with Crippen LogP contribution in [0.1, 0.15) is 43.8 Å². The zero-order chi connectivity index (χ0) is 24.6. The minimum atomic E-state index is -3.17. The van der Waals surface area contributed by atoms with Crippen LogP contribution in [0.3, 0.4) is 0 Å². The second kappa shape index (κ2) is 9.47. The molecule has 3 saturated heterocycles. The van der Waals surface area contributed by atoms with Gasteiger partial charge >= 0.3 is 0 Å². The number of nitrogens with one attached hydrogen (secondary N) is 2. The predicted octanol–water partition coefficient (Wildman–Crippen LogP) is 1.92. The molecule has 4 fully saturated rings. The molecular weight excluding hydrogens is 470 g/mol. The molecule has 6 atom stereocenters. The Morgan fingerprint density at radius 3 is 2.74 bits per heavy atom. The van der Waals surface area contributed by atoms with E-state index in [4.69, 9.17) is 11.6 Å².